The zero-order chi connectivity index (χ0) is 18.1. The first-order valence-corrected chi connectivity index (χ1v) is 8.00. The predicted octanol–water partition coefficient (Wildman–Crippen LogP) is 2.94. The second-order valence-electron chi connectivity index (χ2n) is 6.12. The fraction of sp³-hybridized carbons (Fsp3) is 0.333. The molecule has 0 bridgehead atoms. The number of ether oxygens (including phenoxy) is 1. The lowest BCUT2D eigenvalue weighted by Crippen LogP contribution is -2.27. The Morgan fingerprint density at radius 1 is 1.24 bits per heavy atom. The number of rotatable bonds is 4. The number of carbonyl (C=O) groups is 1. The molecule has 0 aliphatic rings. The van der Waals surface area contributed by atoms with E-state index in [1.807, 2.05) is 13.8 Å². The maximum Gasteiger partial charge on any atom is 0.359 e. The normalized spacial score (nSPS) is 11.2. The molecule has 0 amide bonds. The summed E-state index contributed by atoms with van der Waals surface area (Å²) in [7, 11) is 0. The summed E-state index contributed by atoms with van der Waals surface area (Å²) in [6.45, 7) is 7.25. The van der Waals surface area contributed by atoms with Crippen LogP contribution < -0.4 is 5.56 Å². The number of hydrogen-bond acceptors (Lipinski definition) is 6. The Bertz CT molecular complexity index is 982. The summed E-state index contributed by atoms with van der Waals surface area (Å²) in [6.07, 6.45) is 0. The van der Waals surface area contributed by atoms with Gasteiger partial charge in [0.1, 0.15) is 12.4 Å². The Labute approximate surface area is 144 Å². The third kappa shape index (κ3) is 3.05. The number of hydrogen-bond donors (Lipinski definition) is 0. The average Bonchev–Trinajstić information content (AvgIpc) is 2.91. The van der Waals surface area contributed by atoms with E-state index in [9.17, 15) is 9.59 Å². The largest absolute Gasteiger partial charge is 0.456 e. The van der Waals surface area contributed by atoms with Crippen molar-refractivity contribution >= 4 is 16.7 Å². The first-order chi connectivity index (χ1) is 11.9. The highest BCUT2D eigenvalue weighted by molar-refractivity contribution is 6.02. The Morgan fingerprint density at radius 3 is 2.52 bits per heavy atom. The van der Waals surface area contributed by atoms with Crippen molar-refractivity contribution in [1.82, 2.24) is 14.9 Å². The third-order valence-corrected chi connectivity index (χ3v) is 4.04. The molecule has 0 aliphatic heterocycles. The second-order valence-corrected chi connectivity index (χ2v) is 6.12. The number of nitrogens with zero attached hydrogens (tertiary/aromatic N) is 3. The topological polar surface area (TPSA) is 87.2 Å². The van der Waals surface area contributed by atoms with Crippen LogP contribution in [-0.4, -0.2) is 20.9 Å². The number of aryl methyl sites for hydroxylation is 2. The molecular weight excluding hydrogens is 322 g/mol. The summed E-state index contributed by atoms with van der Waals surface area (Å²) in [4.78, 5) is 25.1. The summed E-state index contributed by atoms with van der Waals surface area (Å²) in [6, 6.07) is 6.72. The molecule has 7 nitrogen and oxygen atoms in total. The van der Waals surface area contributed by atoms with Gasteiger partial charge in [0.2, 0.25) is 0 Å². The van der Waals surface area contributed by atoms with Crippen LogP contribution in [0.1, 0.15) is 47.4 Å². The van der Waals surface area contributed by atoms with Gasteiger partial charge < -0.3 is 9.26 Å². The number of fused-ring (bicyclic) bond motifs is 1. The van der Waals surface area contributed by atoms with Crippen molar-refractivity contribution in [2.75, 3.05) is 0 Å². The van der Waals surface area contributed by atoms with Gasteiger partial charge in [0.25, 0.3) is 5.56 Å². The number of aromatic nitrogens is 3. The maximum absolute atomic E-state index is 12.6. The maximum atomic E-state index is 12.6. The highest BCUT2D eigenvalue weighted by Gasteiger charge is 2.20. The van der Waals surface area contributed by atoms with Gasteiger partial charge in [-0.05, 0) is 33.8 Å². The summed E-state index contributed by atoms with van der Waals surface area (Å²) in [5.74, 6) is 0.0147. The van der Waals surface area contributed by atoms with Crippen LogP contribution in [0, 0.1) is 13.8 Å². The summed E-state index contributed by atoms with van der Waals surface area (Å²) < 4.78 is 11.8. The lowest BCUT2D eigenvalue weighted by molar-refractivity contribution is 0.0463. The van der Waals surface area contributed by atoms with E-state index < -0.39 is 5.97 Å². The van der Waals surface area contributed by atoms with Gasteiger partial charge in [-0.15, -0.1) is 0 Å². The van der Waals surface area contributed by atoms with Crippen LogP contribution in [-0.2, 0) is 11.3 Å². The highest BCUT2D eigenvalue weighted by atomic mass is 16.5. The molecule has 3 rings (SSSR count). The van der Waals surface area contributed by atoms with Crippen molar-refractivity contribution in [2.45, 2.75) is 40.3 Å². The second kappa shape index (κ2) is 6.51. The Kier molecular flexibility index (Phi) is 4.39. The lowest BCUT2D eigenvalue weighted by atomic mass is 10.1. The molecule has 0 aliphatic carbocycles. The molecule has 0 radical (unpaired) electrons. The van der Waals surface area contributed by atoms with Gasteiger partial charge in [-0.25, -0.2) is 9.48 Å². The molecule has 0 N–H and O–H groups in total. The van der Waals surface area contributed by atoms with Crippen molar-refractivity contribution in [3.05, 3.63) is 57.3 Å². The van der Waals surface area contributed by atoms with E-state index >= 15 is 0 Å². The van der Waals surface area contributed by atoms with E-state index in [0.29, 0.717) is 22.2 Å². The first kappa shape index (κ1) is 16.9. The van der Waals surface area contributed by atoms with Gasteiger partial charge in [-0.2, -0.15) is 5.10 Å². The Hall–Kier alpha value is -2.96. The fourth-order valence-corrected chi connectivity index (χ4v) is 2.62. The smallest absolute Gasteiger partial charge is 0.359 e. The zero-order valence-electron chi connectivity index (χ0n) is 14.6. The summed E-state index contributed by atoms with van der Waals surface area (Å²) >= 11 is 0. The van der Waals surface area contributed by atoms with Gasteiger partial charge in [0.05, 0.1) is 22.7 Å². The number of esters is 1. The quantitative estimate of drug-likeness (QED) is 0.678. The third-order valence-electron chi connectivity index (χ3n) is 4.04. The van der Waals surface area contributed by atoms with Crippen molar-refractivity contribution in [3.63, 3.8) is 0 Å². The molecule has 0 unspecified atom stereocenters. The minimum Gasteiger partial charge on any atom is -0.456 e. The minimum atomic E-state index is -0.592. The molecule has 0 atom stereocenters. The molecule has 0 saturated carbocycles. The fourth-order valence-electron chi connectivity index (χ4n) is 2.62. The van der Waals surface area contributed by atoms with Crippen molar-refractivity contribution in [2.24, 2.45) is 0 Å². The van der Waals surface area contributed by atoms with E-state index in [4.69, 9.17) is 9.26 Å². The van der Waals surface area contributed by atoms with Crippen LogP contribution in [0.2, 0.25) is 0 Å². The molecule has 2 aromatic heterocycles. The van der Waals surface area contributed by atoms with Gasteiger partial charge in [-0.1, -0.05) is 23.4 Å². The van der Waals surface area contributed by atoms with Crippen molar-refractivity contribution in [1.29, 1.82) is 0 Å². The average molecular weight is 341 g/mol. The predicted molar refractivity (Wildman–Crippen MR) is 91.5 cm³/mol. The van der Waals surface area contributed by atoms with Crippen LogP contribution in [0.4, 0.5) is 0 Å². The molecule has 0 fully saturated rings. The molecular formula is C18H19N3O4. The molecule has 7 heteroatoms. The highest BCUT2D eigenvalue weighted by Crippen LogP contribution is 2.18. The standard InChI is InChI=1S/C18H19N3O4/c1-10(2)21-17(22)14-8-6-5-7-13(14)16(19-21)18(23)24-9-15-11(3)20-25-12(15)4/h5-8,10H,9H2,1-4H3. The minimum absolute atomic E-state index is 0.0385. The van der Waals surface area contributed by atoms with E-state index in [0.717, 1.165) is 5.56 Å². The first-order valence-electron chi connectivity index (χ1n) is 8.00. The molecule has 130 valence electrons. The monoisotopic (exact) mass is 341 g/mol. The van der Waals surface area contributed by atoms with Gasteiger partial charge in [0, 0.05) is 5.39 Å². The van der Waals surface area contributed by atoms with E-state index in [1.54, 1.807) is 38.1 Å². The zero-order valence-corrected chi connectivity index (χ0v) is 14.6. The lowest BCUT2D eigenvalue weighted by Gasteiger charge is -2.13. The Balaban J connectivity index is 2.01. The van der Waals surface area contributed by atoms with Gasteiger partial charge >= 0.3 is 5.97 Å². The summed E-state index contributed by atoms with van der Waals surface area (Å²) in [5.41, 5.74) is 1.30. The van der Waals surface area contributed by atoms with Crippen LogP contribution in [0.25, 0.3) is 10.8 Å². The molecule has 1 aromatic carbocycles. The van der Waals surface area contributed by atoms with Crippen LogP contribution in [0.5, 0.6) is 0 Å². The molecule has 3 aromatic rings. The van der Waals surface area contributed by atoms with Crippen molar-refractivity contribution in [3.8, 4) is 0 Å². The molecule has 0 spiro atoms. The number of benzene rings is 1. The molecule has 2 heterocycles. The van der Waals surface area contributed by atoms with E-state index in [-0.39, 0.29) is 23.9 Å². The van der Waals surface area contributed by atoms with Gasteiger partial charge in [-0.3, -0.25) is 4.79 Å². The summed E-state index contributed by atoms with van der Waals surface area (Å²) in [5, 5.41) is 8.99. The number of carbonyl (C=O) groups excluding carboxylic acids is 1. The van der Waals surface area contributed by atoms with Crippen LogP contribution in [0.15, 0.2) is 33.6 Å². The van der Waals surface area contributed by atoms with Crippen LogP contribution >= 0.6 is 0 Å². The van der Waals surface area contributed by atoms with E-state index in [2.05, 4.69) is 10.3 Å². The van der Waals surface area contributed by atoms with Crippen LogP contribution in [0.3, 0.4) is 0 Å². The SMILES string of the molecule is Cc1noc(C)c1COC(=O)c1nn(C(C)C)c(=O)c2ccccc12. The molecule has 0 saturated heterocycles. The van der Waals surface area contributed by atoms with Gasteiger partial charge in [0.15, 0.2) is 5.69 Å². The van der Waals surface area contributed by atoms with E-state index in [1.165, 1.54) is 4.68 Å². The molecule has 25 heavy (non-hydrogen) atoms. The van der Waals surface area contributed by atoms with Crippen molar-refractivity contribution < 1.29 is 14.1 Å². The Morgan fingerprint density at radius 2 is 1.92 bits per heavy atom.